The molecule has 0 amide bonds. The first-order valence-corrected chi connectivity index (χ1v) is 7.61. The molecular weight excluding hydrogens is 250 g/mol. The molecule has 5 heteroatoms. The molecule has 0 fully saturated rings. The Labute approximate surface area is 123 Å². The number of nitrogens with one attached hydrogen (secondary N) is 1. The zero-order chi connectivity index (χ0) is 15.3. The third-order valence-corrected chi connectivity index (χ3v) is 3.77. The van der Waals surface area contributed by atoms with Crippen LogP contribution in [0.25, 0.3) is 0 Å². The molecule has 0 atom stereocenters. The standard InChI is InChI=1S/C15H31N5/c1-11(2)14-13(16)15(20(6)18-14)17-9-7-8-10-19(5)12(3)4/h11-12,17H,7-10,16H2,1-6H3. The van der Waals surface area contributed by atoms with E-state index >= 15 is 0 Å². The highest BCUT2D eigenvalue weighted by atomic mass is 15.3. The predicted octanol–water partition coefficient (Wildman–Crippen LogP) is 2.66. The Bertz CT molecular complexity index is 409. The van der Waals surface area contributed by atoms with Crippen LogP contribution in [0.4, 0.5) is 11.5 Å². The summed E-state index contributed by atoms with van der Waals surface area (Å²) in [5, 5.41) is 7.90. The van der Waals surface area contributed by atoms with Gasteiger partial charge in [0, 0.05) is 19.6 Å². The summed E-state index contributed by atoms with van der Waals surface area (Å²) in [7, 11) is 4.11. The predicted molar refractivity (Wildman–Crippen MR) is 87.2 cm³/mol. The summed E-state index contributed by atoms with van der Waals surface area (Å²) in [6.45, 7) is 10.8. The number of nitrogen functional groups attached to an aromatic ring is 1. The fraction of sp³-hybridized carbons (Fsp3) is 0.800. The molecule has 1 aromatic heterocycles. The van der Waals surface area contributed by atoms with E-state index in [1.54, 1.807) is 0 Å². The maximum absolute atomic E-state index is 6.15. The molecule has 0 unspecified atom stereocenters. The van der Waals surface area contributed by atoms with Gasteiger partial charge in [-0.2, -0.15) is 5.10 Å². The first-order valence-electron chi connectivity index (χ1n) is 7.61. The number of aryl methyl sites for hydroxylation is 1. The maximum atomic E-state index is 6.15. The summed E-state index contributed by atoms with van der Waals surface area (Å²) >= 11 is 0. The number of hydrogen-bond acceptors (Lipinski definition) is 4. The minimum absolute atomic E-state index is 0.358. The molecule has 1 rings (SSSR count). The second kappa shape index (κ2) is 7.53. The van der Waals surface area contributed by atoms with Crippen molar-refractivity contribution >= 4 is 11.5 Å². The molecular formula is C15H31N5. The van der Waals surface area contributed by atoms with Crippen LogP contribution in [0.5, 0.6) is 0 Å². The van der Waals surface area contributed by atoms with Crippen molar-refractivity contribution in [2.45, 2.75) is 52.5 Å². The van der Waals surface area contributed by atoms with E-state index in [0.717, 1.165) is 36.7 Å². The van der Waals surface area contributed by atoms with Crippen LogP contribution in [0.15, 0.2) is 0 Å². The van der Waals surface area contributed by atoms with Crippen LogP contribution in [-0.2, 0) is 7.05 Å². The van der Waals surface area contributed by atoms with Crippen LogP contribution in [0.3, 0.4) is 0 Å². The highest BCUT2D eigenvalue weighted by Crippen LogP contribution is 2.27. The second-order valence-corrected chi connectivity index (χ2v) is 6.13. The van der Waals surface area contributed by atoms with Crippen molar-refractivity contribution in [2.75, 3.05) is 31.2 Å². The second-order valence-electron chi connectivity index (χ2n) is 6.13. The van der Waals surface area contributed by atoms with Gasteiger partial charge < -0.3 is 16.0 Å². The minimum atomic E-state index is 0.358. The van der Waals surface area contributed by atoms with Crippen molar-refractivity contribution in [1.82, 2.24) is 14.7 Å². The Morgan fingerprint density at radius 2 is 1.90 bits per heavy atom. The molecule has 0 saturated carbocycles. The molecule has 0 aliphatic rings. The van der Waals surface area contributed by atoms with E-state index in [1.807, 2.05) is 11.7 Å². The van der Waals surface area contributed by atoms with E-state index in [4.69, 9.17) is 5.73 Å². The van der Waals surface area contributed by atoms with E-state index < -0.39 is 0 Å². The van der Waals surface area contributed by atoms with Crippen molar-refractivity contribution in [2.24, 2.45) is 7.05 Å². The fourth-order valence-corrected chi connectivity index (χ4v) is 2.15. The molecule has 0 spiro atoms. The van der Waals surface area contributed by atoms with Crippen LogP contribution in [-0.4, -0.2) is 40.9 Å². The van der Waals surface area contributed by atoms with Crippen LogP contribution in [0.1, 0.15) is 52.1 Å². The fourth-order valence-electron chi connectivity index (χ4n) is 2.15. The topological polar surface area (TPSA) is 59.1 Å². The number of hydrogen-bond donors (Lipinski definition) is 2. The van der Waals surface area contributed by atoms with Gasteiger partial charge in [0.05, 0.1) is 11.4 Å². The molecule has 1 aromatic rings. The summed E-state index contributed by atoms with van der Waals surface area (Å²) in [6, 6.07) is 0.615. The summed E-state index contributed by atoms with van der Waals surface area (Å²) in [4.78, 5) is 2.37. The van der Waals surface area contributed by atoms with E-state index in [9.17, 15) is 0 Å². The Morgan fingerprint density at radius 1 is 1.25 bits per heavy atom. The van der Waals surface area contributed by atoms with Gasteiger partial charge in [0.15, 0.2) is 0 Å². The Morgan fingerprint density at radius 3 is 2.40 bits per heavy atom. The molecule has 5 nitrogen and oxygen atoms in total. The lowest BCUT2D eigenvalue weighted by molar-refractivity contribution is 0.269. The number of nitrogens with two attached hydrogens (primary N) is 1. The summed E-state index contributed by atoms with van der Waals surface area (Å²) in [5.41, 5.74) is 7.93. The summed E-state index contributed by atoms with van der Waals surface area (Å²) < 4.78 is 1.85. The molecule has 0 saturated heterocycles. The smallest absolute Gasteiger partial charge is 0.147 e. The normalized spacial score (nSPS) is 11.8. The lowest BCUT2D eigenvalue weighted by Gasteiger charge is -2.20. The average molecular weight is 281 g/mol. The van der Waals surface area contributed by atoms with E-state index in [-0.39, 0.29) is 0 Å². The molecule has 0 aliphatic carbocycles. The summed E-state index contributed by atoms with van der Waals surface area (Å²) in [6.07, 6.45) is 2.33. The van der Waals surface area contributed by atoms with Gasteiger partial charge in [0.2, 0.25) is 0 Å². The number of rotatable bonds is 8. The van der Waals surface area contributed by atoms with E-state index in [1.165, 1.54) is 6.42 Å². The number of anilines is 2. The lowest BCUT2D eigenvalue weighted by Crippen LogP contribution is -2.27. The zero-order valence-corrected chi connectivity index (χ0v) is 13.9. The van der Waals surface area contributed by atoms with Gasteiger partial charge in [-0.15, -0.1) is 0 Å². The van der Waals surface area contributed by atoms with E-state index in [0.29, 0.717) is 12.0 Å². The number of unbranched alkanes of at least 4 members (excludes halogenated alkanes) is 1. The van der Waals surface area contributed by atoms with Crippen molar-refractivity contribution < 1.29 is 0 Å². The van der Waals surface area contributed by atoms with Gasteiger partial charge in [-0.25, -0.2) is 0 Å². The quantitative estimate of drug-likeness (QED) is 0.719. The Balaban J connectivity index is 2.39. The van der Waals surface area contributed by atoms with Crippen molar-refractivity contribution in [1.29, 1.82) is 0 Å². The molecule has 3 N–H and O–H groups in total. The summed E-state index contributed by atoms with van der Waals surface area (Å²) in [5.74, 6) is 1.31. The first kappa shape index (κ1) is 16.8. The Kier molecular flexibility index (Phi) is 6.33. The third kappa shape index (κ3) is 4.40. The van der Waals surface area contributed by atoms with Crippen LogP contribution in [0.2, 0.25) is 0 Å². The minimum Gasteiger partial charge on any atom is -0.394 e. The molecule has 20 heavy (non-hydrogen) atoms. The van der Waals surface area contributed by atoms with Crippen LogP contribution in [0, 0.1) is 0 Å². The largest absolute Gasteiger partial charge is 0.394 e. The monoisotopic (exact) mass is 281 g/mol. The SMILES string of the molecule is CC(C)c1nn(C)c(NCCCCN(C)C(C)C)c1N. The molecule has 0 aromatic carbocycles. The molecule has 0 radical (unpaired) electrons. The van der Waals surface area contributed by atoms with Gasteiger partial charge >= 0.3 is 0 Å². The van der Waals surface area contributed by atoms with Gasteiger partial charge in [0.25, 0.3) is 0 Å². The maximum Gasteiger partial charge on any atom is 0.147 e. The van der Waals surface area contributed by atoms with Crippen molar-refractivity contribution in [3.05, 3.63) is 5.69 Å². The van der Waals surface area contributed by atoms with Crippen LogP contribution < -0.4 is 11.1 Å². The van der Waals surface area contributed by atoms with Gasteiger partial charge in [0.1, 0.15) is 5.82 Å². The molecule has 0 bridgehead atoms. The zero-order valence-electron chi connectivity index (χ0n) is 13.9. The molecule has 0 aliphatic heterocycles. The Hall–Kier alpha value is -1.23. The number of nitrogens with zero attached hydrogens (tertiary/aromatic N) is 3. The lowest BCUT2D eigenvalue weighted by atomic mass is 10.1. The van der Waals surface area contributed by atoms with Crippen molar-refractivity contribution in [3.63, 3.8) is 0 Å². The highest BCUT2D eigenvalue weighted by Gasteiger charge is 2.15. The first-order chi connectivity index (χ1) is 9.34. The third-order valence-electron chi connectivity index (χ3n) is 3.77. The van der Waals surface area contributed by atoms with Crippen molar-refractivity contribution in [3.8, 4) is 0 Å². The average Bonchev–Trinajstić information content (AvgIpc) is 2.65. The van der Waals surface area contributed by atoms with Gasteiger partial charge in [-0.3, -0.25) is 4.68 Å². The highest BCUT2D eigenvalue weighted by molar-refractivity contribution is 5.65. The van der Waals surface area contributed by atoms with Gasteiger partial charge in [-0.1, -0.05) is 13.8 Å². The van der Waals surface area contributed by atoms with Crippen LogP contribution >= 0.6 is 0 Å². The van der Waals surface area contributed by atoms with Gasteiger partial charge in [-0.05, 0) is 46.2 Å². The van der Waals surface area contributed by atoms with E-state index in [2.05, 4.69) is 50.1 Å². The molecule has 1 heterocycles. The number of aromatic nitrogens is 2. The molecule has 116 valence electrons.